The van der Waals surface area contributed by atoms with Crippen LogP contribution in [0, 0.1) is 0 Å². The van der Waals surface area contributed by atoms with Crippen molar-refractivity contribution >= 4 is 12.4 Å². The molecule has 1 heterocycles. The van der Waals surface area contributed by atoms with Gasteiger partial charge in [0.25, 0.3) is 0 Å². The topological polar surface area (TPSA) is 66.9 Å². The standard InChI is InChI=1S/C23H30FN5/c1-16(22(26-5)21-18(24)10-8-11-19(21)27-15-25)13-29(6)14-17-9-7-12-20(28-17)23(2,3)4/h7-13H,5,14-15,25H2,1-4,6H3/b16-13+,22-21-,27-19-. The molecule has 0 aromatic carbocycles. The maximum atomic E-state index is 14.6. The smallest absolute Gasteiger partial charge is 0.134 e. The van der Waals surface area contributed by atoms with Crippen LogP contribution in [0.15, 0.2) is 75.3 Å². The number of allylic oxidation sites excluding steroid dienone is 6. The van der Waals surface area contributed by atoms with Crippen molar-refractivity contribution in [1.82, 2.24) is 9.88 Å². The number of nitrogens with zero attached hydrogens (tertiary/aromatic N) is 4. The van der Waals surface area contributed by atoms with Gasteiger partial charge in [-0.3, -0.25) is 15.0 Å². The van der Waals surface area contributed by atoms with Gasteiger partial charge in [0.15, 0.2) is 0 Å². The molecule has 0 bridgehead atoms. The van der Waals surface area contributed by atoms with Crippen LogP contribution in [0.2, 0.25) is 0 Å². The van der Waals surface area contributed by atoms with Crippen molar-refractivity contribution in [3.05, 3.63) is 76.7 Å². The molecule has 1 aliphatic carbocycles. The molecule has 0 saturated heterocycles. The summed E-state index contributed by atoms with van der Waals surface area (Å²) in [7, 11) is 1.95. The Morgan fingerprint density at radius 2 is 2.07 bits per heavy atom. The maximum Gasteiger partial charge on any atom is 0.134 e. The van der Waals surface area contributed by atoms with Crippen LogP contribution in [0.4, 0.5) is 4.39 Å². The lowest BCUT2D eigenvalue weighted by atomic mass is 9.91. The van der Waals surface area contributed by atoms with Crippen LogP contribution in [0.3, 0.4) is 0 Å². The van der Waals surface area contributed by atoms with Crippen molar-refractivity contribution in [3.8, 4) is 0 Å². The fourth-order valence-electron chi connectivity index (χ4n) is 3.06. The fraction of sp³-hybridized carbons (Fsp3) is 0.348. The quantitative estimate of drug-likeness (QED) is 0.724. The molecular weight excluding hydrogens is 365 g/mol. The molecule has 1 aromatic rings. The van der Waals surface area contributed by atoms with Gasteiger partial charge in [-0.1, -0.05) is 32.9 Å². The number of aliphatic imine (C=N–C) groups is 2. The summed E-state index contributed by atoms with van der Waals surface area (Å²) in [6.45, 7) is 12.6. The predicted molar refractivity (Wildman–Crippen MR) is 120 cm³/mol. The minimum Gasteiger partial charge on any atom is -0.374 e. The second-order valence-corrected chi connectivity index (χ2v) is 7.97. The predicted octanol–water partition coefficient (Wildman–Crippen LogP) is 4.45. The van der Waals surface area contributed by atoms with E-state index in [2.05, 4.69) is 37.5 Å². The van der Waals surface area contributed by atoms with Gasteiger partial charge in [0.05, 0.1) is 35.9 Å². The molecule has 0 atom stereocenters. The molecule has 0 unspecified atom stereocenters. The van der Waals surface area contributed by atoms with E-state index in [1.165, 1.54) is 6.08 Å². The Balaban J connectivity index is 2.33. The molecule has 0 radical (unpaired) electrons. The van der Waals surface area contributed by atoms with E-state index >= 15 is 0 Å². The van der Waals surface area contributed by atoms with E-state index in [9.17, 15) is 4.39 Å². The highest BCUT2D eigenvalue weighted by molar-refractivity contribution is 6.13. The Labute approximate surface area is 173 Å². The van der Waals surface area contributed by atoms with Gasteiger partial charge < -0.3 is 10.6 Å². The lowest BCUT2D eigenvalue weighted by Crippen LogP contribution is -2.17. The van der Waals surface area contributed by atoms with Crippen molar-refractivity contribution in [2.45, 2.75) is 39.7 Å². The third kappa shape index (κ3) is 5.81. The Hall–Kier alpha value is -2.86. The first-order valence-electron chi connectivity index (χ1n) is 9.53. The highest BCUT2D eigenvalue weighted by Gasteiger charge is 2.20. The van der Waals surface area contributed by atoms with E-state index in [-0.39, 0.29) is 12.1 Å². The zero-order valence-electron chi connectivity index (χ0n) is 17.9. The molecule has 0 amide bonds. The van der Waals surface area contributed by atoms with Gasteiger partial charge in [0.1, 0.15) is 5.83 Å². The van der Waals surface area contributed by atoms with Crippen molar-refractivity contribution in [3.63, 3.8) is 0 Å². The summed E-state index contributed by atoms with van der Waals surface area (Å²) in [4.78, 5) is 15.0. The zero-order valence-corrected chi connectivity index (χ0v) is 17.9. The van der Waals surface area contributed by atoms with Gasteiger partial charge in [0, 0.05) is 24.4 Å². The van der Waals surface area contributed by atoms with Crippen LogP contribution >= 0.6 is 0 Å². The summed E-state index contributed by atoms with van der Waals surface area (Å²) in [5.74, 6) is -0.406. The van der Waals surface area contributed by atoms with Crippen molar-refractivity contribution in [2.24, 2.45) is 15.7 Å². The van der Waals surface area contributed by atoms with Crippen LogP contribution < -0.4 is 5.73 Å². The van der Waals surface area contributed by atoms with E-state index in [0.717, 1.165) is 17.0 Å². The summed E-state index contributed by atoms with van der Waals surface area (Å²) in [6, 6.07) is 6.06. The van der Waals surface area contributed by atoms with Crippen LogP contribution in [0.1, 0.15) is 39.1 Å². The number of aromatic nitrogens is 1. The minimum absolute atomic E-state index is 0.0121. The summed E-state index contributed by atoms with van der Waals surface area (Å²) in [5, 5.41) is 0. The normalized spacial score (nSPS) is 18.0. The first-order valence-corrected chi connectivity index (χ1v) is 9.53. The molecule has 5 nitrogen and oxygen atoms in total. The highest BCUT2D eigenvalue weighted by Crippen LogP contribution is 2.28. The summed E-state index contributed by atoms with van der Waals surface area (Å²) in [5.41, 5.74) is 9.51. The molecule has 154 valence electrons. The molecule has 2 rings (SSSR count). The number of hydrogen-bond acceptors (Lipinski definition) is 5. The first-order chi connectivity index (χ1) is 13.7. The molecule has 1 aliphatic rings. The van der Waals surface area contributed by atoms with Crippen LogP contribution in [-0.4, -0.2) is 36.0 Å². The Morgan fingerprint density at radius 1 is 1.34 bits per heavy atom. The Bertz CT molecular complexity index is 913. The van der Waals surface area contributed by atoms with Gasteiger partial charge in [-0.2, -0.15) is 0 Å². The second-order valence-electron chi connectivity index (χ2n) is 7.97. The van der Waals surface area contributed by atoms with Gasteiger partial charge in [-0.25, -0.2) is 4.39 Å². The maximum absolute atomic E-state index is 14.6. The number of rotatable bonds is 6. The van der Waals surface area contributed by atoms with Gasteiger partial charge in [0.2, 0.25) is 0 Å². The van der Waals surface area contributed by atoms with E-state index in [0.29, 0.717) is 23.5 Å². The van der Waals surface area contributed by atoms with Crippen LogP contribution in [0.5, 0.6) is 0 Å². The molecule has 0 aliphatic heterocycles. The van der Waals surface area contributed by atoms with E-state index in [1.807, 2.05) is 43.3 Å². The molecular formula is C23H30FN5. The zero-order chi connectivity index (χ0) is 21.6. The van der Waals surface area contributed by atoms with Crippen LogP contribution in [0.25, 0.3) is 0 Å². The second kappa shape index (κ2) is 9.56. The number of halogens is 1. The molecule has 1 aromatic heterocycles. The van der Waals surface area contributed by atoms with E-state index < -0.39 is 5.83 Å². The average Bonchev–Trinajstić information content (AvgIpc) is 2.64. The molecule has 0 spiro atoms. The largest absolute Gasteiger partial charge is 0.374 e. The fourth-order valence-corrected chi connectivity index (χ4v) is 3.06. The monoisotopic (exact) mass is 395 g/mol. The molecule has 6 heteroatoms. The third-order valence-corrected chi connectivity index (χ3v) is 4.42. The summed E-state index contributed by atoms with van der Waals surface area (Å²) >= 11 is 0. The summed E-state index contributed by atoms with van der Waals surface area (Å²) < 4.78 is 14.6. The highest BCUT2D eigenvalue weighted by atomic mass is 19.1. The van der Waals surface area contributed by atoms with Crippen molar-refractivity contribution in [1.29, 1.82) is 0 Å². The Morgan fingerprint density at radius 3 is 2.69 bits per heavy atom. The number of nitrogens with two attached hydrogens (primary N) is 1. The SMILES string of the molecule is C=NC(/C(C)=C/N(C)Cc1cccc(C(C)(C)C)n1)=C1/C(F)=CC=C/C1=N/CN. The lowest BCUT2D eigenvalue weighted by Gasteiger charge is -2.21. The van der Waals surface area contributed by atoms with E-state index in [1.54, 1.807) is 12.2 Å². The van der Waals surface area contributed by atoms with Gasteiger partial charge >= 0.3 is 0 Å². The Kier molecular flexibility index (Phi) is 7.40. The average molecular weight is 396 g/mol. The van der Waals surface area contributed by atoms with E-state index in [4.69, 9.17) is 10.7 Å². The summed E-state index contributed by atoms with van der Waals surface area (Å²) in [6.07, 6.45) is 6.62. The first kappa shape index (κ1) is 22.4. The minimum atomic E-state index is -0.406. The third-order valence-electron chi connectivity index (χ3n) is 4.42. The molecule has 2 N–H and O–H groups in total. The van der Waals surface area contributed by atoms with Crippen molar-refractivity contribution in [2.75, 3.05) is 13.7 Å². The molecule has 0 saturated carbocycles. The van der Waals surface area contributed by atoms with Crippen molar-refractivity contribution < 1.29 is 4.39 Å². The lowest BCUT2D eigenvalue weighted by molar-refractivity contribution is 0.437. The number of pyridine rings is 1. The molecule has 29 heavy (non-hydrogen) atoms. The van der Waals surface area contributed by atoms with Crippen LogP contribution in [-0.2, 0) is 12.0 Å². The van der Waals surface area contributed by atoms with Gasteiger partial charge in [-0.05, 0) is 43.5 Å². The molecule has 0 fully saturated rings. The number of hydrogen-bond donors (Lipinski definition) is 1. The van der Waals surface area contributed by atoms with Gasteiger partial charge in [-0.15, -0.1) is 0 Å².